The van der Waals surface area contributed by atoms with Gasteiger partial charge in [-0.1, -0.05) is 42.5 Å². The number of rotatable bonds is 6. The fourth-order valence-electron chi connectivity index (χ4n) is 2.36. The van der Waals surface area contributed by atoms with Crippen LogP contribution in [0.4, 0.5) is 0 Å². The number of ether oxygens (including phenoxy) is 1. The molecule has 2 N–H and O–H groups in total. The Morgan fingerprint density at radius 2 is 1.74 bits per heavy atom. The van der Waals surface area contributed by atoms with Crippen LogP contribution in [0.15, 0.2) is 77.9 Å². The Balaban J connectivity index is 1.50. The molecule has 0 bridgehead atoms. The third kappa shape index (κ3) is 5.55. The van der Waals surface area contributed by atoms with Crippen molar-refractivity contribution in [3.05, 3.63) is 81.9 Å². The van der Waals surface area contributed by atoms with Crippen LogP contribution in [0.5, 0.6) is 11.5 Å². The second-order valence-corrected chi connectivity index (χ2v) is 6.92. The van der Waals surface area contributed by atoms with Crippen molar-refractivity contribution in [3.63, 3.8) is 0 Å². The Labute approximate surface area is 170 Å². The minimum absolute atomic E-state index is 0.100. The Morgan fingerprint density at radius 1 is 1.04 bits per heavy atom. The number of hydrogen-bond acceptors (Lipinski definition) is 4. The monoisotopic (exact) mass is 472 g/mol. The Morgan fingerprint density at radius 3 is 2.48 bits per heavy atom. The van der Waals surface area contributed by atoms with Gasteiger partial charge in [-0.15, -0.1) is 0 Å². The zero-order valence-corrected chi connectivity index (χ0v) is 16.5. The Hall–Kier alpha value is -2.87. The zero-order valence-electron chi connectivity index (χ0n) is 14.3. The molecule has 27 heavy (non-hydrogen) atoms. The summed E-state index contributed by atoms with van der Waals surface area (Å²) in [7, 11) is 0. The molecule has 1 amide bonds. The normalized spacial score (nSPS) is 10.7. The number of phenols is 1. The fourth-order valence-corrected chi connectivity index (χ4v) is 2.87. The Bertz CT molecular complexity index is 941. The predicted octanol–water partition coefficient (Wildman–Crippen LogP) is 4.19. The van der Waals surface area contributed by atoms with E-state index < -0.39 is 0 Å². The highest BCUT2D eigenvalue weighted by atomic mass is 127. The van der Waals surface area contributed by atoms with Crippen LogP contribution in [-0.4, -0.2) is 23.8 Å². The smallest absolute Gasteiger partial charge is 0.277 e. The van der Waals surface area contributed by atoms with Crippen molar-refractivity contribution < 1.29 is 14.6 Å². The molecule has 0 fully saturated rings. The number of hydrazone groups is 1. The van der Waals surface area contributed by atoms with Crippen LogP contribution in [0.25, 0.3) is 11.1 Å². The molecule has 0 spiro atoms. The van der Waals surface area contributed by atoms with Crippen LogP contribution in [0.3, 0.4) is 0 Å². The topological polar surface area (TPSA) is 70.9 Å². The third-order valence-electron chi connectivity index (χ3n) is 3.71. The summed E-state index contributed by atoms with van der Waals surface area (Å²) in [5.74, 6) is 0.316. The lowest BCUT2D eigenvalue weighted by atomic mass is 10.1. The third-order valence-corrected chi connectivity index (χ3v) is 4.38. The van der Waals surface area contributed by atoms with E-state index in [4.69, 9.17) is 4.74 Å². The quantitative estimate of drug-likeness (QED) is 0.321. The molecule has 3 rings (SSSR count). The van der Waals surface area contributed by atoms with Crippen LogP contribution in [0, 0.1) is 3.57 Å². The van der Waals surface area contributed by atoms with E-state index in [-0.39, 0.29) is 18.3 Å². The molecule has 0 saturated carbocycles. The predicted molar refractivity (Wildman–Crippen MR) is 114 cm³/mol. The lowest BCUT2D eigenvalue weighted by Crippen LogP contribution is -2.24. The van der Waals surface area contributed by atoms with Gasteiger partial charge in [0.2, 0.25) is 0 Å². The number of nitrogens with one attached hydrogen (secondary N) is 1. The summed E-state index contributed by atoms with van der Waals surface area (Å²) >= 11 is 2.13. The van der Waals surface area contributed by atoms with Crippen molar-refractivity contribution in [2.45, 2.75) is 0 Å². The van der Waals surface area contributed by atoms with E-state index in [1.54, 1.807) is 18.2 Å². The molecule has 0 aliphatic carbocycles. The highest BCUT2D eigenvalue weighted by molar-refractivity contribution is 14.1. The molecule has 3 aromatic carbocycles. The summed E-state index contributed by atoms with van der Waals surface area (Å²) < 4.78 is 6.43. The SMILES string of the molecule is O=C(COc1ccc(-c2ccccc2)cc1)NN=Cc1cc(I)ccc1O. The summed E-state index contributed by atoms with van der Waals surface area (Å²) in [5.41, 5.74) is 5.10. The van der Waals surface area contributed by atoms with Crippen LogP contribution < -0.4 is 10.2 Å². The van der Waals surface area contributed by atoms with Crippen molar-refractivity contribution in [2.24, 2.45) is 5.10 Å². The molecule has 136 valence electrons. The van der Waals surface area contributed by atoms with Gasteiger partial charge in [-0.05, 0) is 64.0 Å². The number of nitrogens with zero attached hydrogens (tertiary/aromatic N) is 1. The summed E-state index contributed by atoms with van der Waals surface area (Å²) in [6.45, 7) is -0.152. The molecule has 0 atom stereocenters. The van der Waals surface area contributed by atoms with E-state index in [2.05, 4.69) is 33.1 Å². The molecule has 0 saturated heterocycles. The molecule has 0 aromatic heterocycles. The van der Waals surface area contributed by atoms with Gasteiger partial charge in [-0.2, -0.15) is 5.10 Å². The van der Waals surface area contributed by atoms with Crippen LogP contribution in [0.2, 0.25) is 0 Å². The second kappa shape index (κ2) is 9.18. The number of aromatic hydroxyl groups is 1. The van der Waals surface area contributed by atoms with Gasteiger partial charge in [-0.3, -0.25) is 4.79 Å². The van der Waals surface area contributed by atoms with Crippen LogP contribution >= 0.6 is 22.6 Å². The number of benzene rings is 3. The molecule has 0 aliphatic heterocycles. The van der Waals surface area contributed by atoms with Gasteiger partial charge in [0.05, 0.1) is 6.21 Å². The van der Waals surface area contributed by atoms with Gasteiger partial charge >= 0.3 is 0 Å². The highest BCUT2D eigenvalue weighted by Gasteiger charge is 2.03. The van der Waals surface area contributed by atoms with Gasteiger partial charge in [0.15, 0.2) is 6.61 Å². The fraction of sp³-hybridized carbons (Fsp3) is 0.0476. The molecule has 5 nitrogen and oxygen atoms in total. The summed E-state index contributed by atoms with van der Waals surface area (Å²) in [5, 5.41) is 13.6. The van der Waals surface area contributed by atoms with Gasteiger partial charge in [0, 0.05) is 9.13 Å². The zero-order chi connectivity index (χ0) is 19.1. The van der Waals surface area contributed by atoms with E-state index in [0.717, 1.165) is 14.7 Å². The molecule has 3 aromatic rings. The first-order chi connectivity index (χ1) is 13.1. The van der Waals surface area contributed by atoms with Crippen molar-refractivity contribution in [3.8, 4) is 22.6 Å². The average Bonchev–Trinajstić information content (AvgIpc) is 2.70. The van der Waals surface area contributed by atoms with Gasteiger partial charge in [-0.25, -0.2) is 5.43 Å². The first-order valence-corrected chi connectivity index (χ1v) is 9.28. The minimum atomic E-state index is -0.386. The second-order valence-electron chi connectivity index (χ2n) is 5.68. The maximum atomic E-state index is 11.8. The van der Waals surface area contributed by atoms with E-state index in [0.29, 0.717) is 11.3 Å². The molecular formula is C21H17IN2O3. The number of carbonyl (C=O) groups is 1. The summed E-state index contributed by atoms with van der Waals surface area (Å²) in [6.07, 6.45) is 1.39. The summed E-state index contributed by atoms with van der Waals surface area (Å²) in [4.78, 5) is 11.8. The first-order valence-electron chi connectivity index (χ1n) is 8.20. The minimum Gasteiger partial charge on any atom is -0.507 e. The largest absolute Gasteiger partial charge is 0.507 e. The van der Waals surface area contributed by atoms with Crippen molar-refractivity contribution in [1.82, 2.24) is 5.43 Å². The Kier molecular flexibility index (Phi) is 6.43. The van der Waals surface area contributed by atoms with E-state index >= 15 is 0 Å². The molecular weight excluding hydrogens is 455 g/mol. The van der Waals surface area contributed by atoms with Crippen LogP contribution in [-0.2, 0) is 4.79 Å². The van der Waals surface area contributed by atoms with Gasteiger partial charge in [0.25, 0.3) is 5.91 Å². The summed E-state index contributed by atoms with van der Waals surface area (Å²) in [6, 6.07) is 22.7. The maximum Gasteiger partial charge on any atom is 0.277 e. The molecule has 0 heterocycles. The number of carbonyl (C=O) groups excluding carboxylic acids is 1. The number of amides is 1. The van der Waals surface area contributed by atoms with Crippen molar-refractivity contribution in [2.75, 3.05) is 6.61 Å². The maximum absolute atomic E-state index is 11.8. The van der Waals surface area contributed by atoms with E-state index in [9.17, 15) is 9.90 Å². The molecule has 0 aliphatic rings. The first kappa shape index (κ1) is 18.9. The van der Waals surface area contributed by atoms with Gasteiger partial charge in [0.1, 0.15) is 11.5 Å². The highest BCUT2D eigenvalue weighted by Crippen LogP contribution is 2.22. The number of halogens is 1. The van der Waals surface area contributed by atoms with E-state index in [1.165, 1.54) is 6.21 Å². The average molecular weight is 472 g/mol. The molecule has 6 heteroatoms. The lowest BCUT2D eigenvalue weighted by molar-refractivity contribution is -0.123. The lowest BCUT2D eigenvalue weighted by Gasteiger charge is -2.07. The van der Waals surface area contributed by atoms with Gasteiger partial charge < -0.3 is 9.84 Å². The number of phenolic OH excluding ortho intramolecular Hbond substituents is 1. The standard InChI is InChI=1S/C21H17IN2O3/c22-18-8-11-20(25)17(12-18)13-23-24-21(26)14-27-19-9-6-16(7-10-19)15-4-2-1-3-5-15/h1-13,25H,14H2,(H,24,26). The molecule has 0 unspecified atom stereocenters. The van der Waals surface area contributed by atoms with Crippen molar-refractivity contribution >= 4 is 34.7 Å². The van der Waals surface area contributed by atoms with Crippen LogP contribution in [0.1, 0.15) is 5.56 Å². The van der Waals surface area contributed by atoms with Crippen molar-refractivity contribution in [1.29, 1.82) is 0 Å². The van der Waals surface area contributed by atoms with E-state index in [1.807, 2.05) is 54.6 Å². The molecule has 0 radical (unpaired) electrons. The number of hydrogen-bond donors (Lipinski definition) is 2.